The van der Waals surface area contributed by atoms with Crippen molar-refractivity contribution in [1.29, 1.82) is 0 Å². The van der Waals surface area contributed by atoms with Crippen LogP contribution in [0.1, 0.15) is 31.7 Å². The third-order valence-electron chi connectivity index (χ3n) is 2.95. The average Bonchev–Trinajstić information content (AvgIpc) is 2.37. The van der Waals surface area contributed by atoms with Crippen LogP contribution >= 0.6 is 0 Å². The van der Waals surface area contributed by atoms with E-state index in [9.17, 15) is 15.0 Å². The van der Waals surface area contributed by atoms with Crippen LogP contribution in [-0.4, -0.2) is 39.6 Å². The highest BCUT2D eigenvalue weighted by Crippen LogP contribution is 2.27. The Morgan fingerprint density at radius 2 is 1.90 bits per heavy atom. The molecule has 110 valence electrons. The summed E-state index contributed by atoms with van der Waals surface area (Å²) >= 11 is 0. The topological polar surface area (TPSA) is 116 Å². The Hall–Kier alpha value is -2.08. The van der Waals surface area contributed by atoms with Crippen LogP contribution in [-0.2, 0) is 4.79 Å². The van der Waals surface area contributed by atoms with Crippen molar-refractivity contribution in [2.45, 2.75) is 32.2 Å². The summed E-state index contributed by atoms with van der Waals surface area (Å²) in [6.45, 7) is 2.07. The summed E-state index contributed by atoms with van der Waals surface area (Å²) in [5.74, 6) is -1.29. The van der Waals surface area contributed by atoms with Crippen molar-refractivity contribution >= 4 is 11.7 Å². The van der Waals surface area contributed by atoms with E-state index in [1.54, 1.807) is 6.92 Å². The maximum absolute atomic E-state index is 11.2. The molecule has 0 amide bonds. The fraction of sp³-hybridized carbons (Fsp3) is 0.429. The van der Waals surface area contributed by atoms with Crippen molar-refractivity contribution in [1.82, 2.24) is 0 Å². The van der Waals surface area contributed by atoms with Gasteiger partial charge < -0.3 is 21.1 Å². The van der Waals surface area contributed by atoms with E-state index < -0.39 is 12.0 Å². The van der Waals surface area contributed by atoms with Gasteiger partial charge >= 0.3 is 5.97 Å². The molecule has 0 saturated heterocycles. The lowest BCUT2D eigenvalue weighted by Gasteiger charge is -2.11. The normalized spacial score (nSPS) is 13.2. The first kappa shape index (κ1) is 16.0. The smallest absolute Gasteiger partial charge is 0.328 e. The third kappa shape index (κ3) is 4.24. The van der Waals surface area contributed by atoms with Gasteiger partial charge in [-0.05, 0) is 44.9 Å². The van der Waals surface area contributed by atoms with Gasteiger partial charge in [0.25, 0.3) is 0 Å². The molecule has 1 rings (SSSR count). The Bertz CT molecular complexity index is 480. The summed E-state index contributed by atoms with van der Waals surface area (Å²) in [6.07, 6.45) is 1.77. The maximum atomic E-state index is 11.2. The fourth-order valence-corrected chi connectivity index (χ4v) is 1.92. The van der Waals surface area contributed by atoms with Gasteiger partial charge in [-0.25, -0.2) is 4.79 Å². The first-order chi connectivity index (χ1) is 9.47. The molecule has 0 aliphatic carbocycles. The number of unbranched alkanes of at least 4 members (excludes halogenated alkanes) is 1. The lowest BCUT2D eigenvalue weighted by atomic mass is 10.1. The Morgan fingerprint density at radius 3 is 2.40 bits per heavy atom. The fourth-order valence-electron chi connectivity index (χ4n) is 1.92. The summed E-state index contributed by atoms with van der Waals surface area (Å²) < 4.78 is 0. The summed E-state index contributed by atoms with van der Waals surface area (Å²) in [6, 6.07) is 3.43. The molecule has 0 fully saturated rings. The van der Waals surface area contributed by atoms with Crippen LogP contribution in [0.25, 0.3) is 0 Å². The van der Waals surface area contributed by atoms with Gasteiger partial charge in [0.05, 0.1) is 5.56 Å². The zero-order chi connectivity index (χ0) is 15.1. The standard InChI is InChI=1S/C14H20N2O4/c1-9(13-11(17)6-4-7-12(13)18)16-10(14(19)20)5-2-3-8-15/h4,6-7,10,17-18H,2-3,5,8,15H2,1H3,(H,19,20). The third-order valence-corrected chi connectivity index (χ3v) is 2.95. The second kappa shape index (κ2) is 7.49. The van der Waals surface area contributed by atoms with Crippen molar-refractivity contribution in [3.8, 4) is 11.5 Å². The van der Waals surface area contributed by atoms with Crippen LogP contribution in [0.5, 0.6) is 11.5 Å². The number of aliphatic imine (C=N–C) groups is 1. The molecular formula is C14H20N2O4. The number of hydrogen-bond donors (Lipinski definition) is 4. The number of phenols is 2. The Labute approximate surface area is 117 Å². The molecule has 20 heavy (non-hydrogen) atoms. The van der Waals surface area contributed by atoms with Gasteiger partial charge in [0.15, 0.2) is 0 Å². The van der Waals surface area contributed by atoms with E-state index in [0.29, 0.717) is 25.1 Å². The molecule has 0 aliphatic heterocycles. The zero-order valence-electron chi connectivity index (χ0n) is 11.4. The van der Waals surface area contributed by atoms with E-state index in [0.717, 1.165) is 6.42 Å². The summed E-state index contributed by atoms with van der Waals surface area (Å²) in [4.78, 5) is 15.3. The average molecular weight is 280 g/mol. The van der Waals surface area contributed by atoms with Crippen LogP contribution in [0.15, 0.2) is 23.2 Å². The number of rotatable bonds is 7. The molecule has 1 aromatic rings. The number of nitrogens with two attached hydrogens (primary N) is 1. The minimum absolute atomic E-state index is 0.127. The van der Waals surface area contributed by atoms with Gasteiger partial charge in [-0.2, -0.15) is 0 Å². The van der Waals surface area contributed by atoms with Crippen molar-refractivity contribution in [2.24, 2.45) is 10.7 Å². The Kier molecular flexibility index (Phi) is 5.99. The van der Waals surface area contributed by atoms with Crippen molar-refractivity contribution < 1.29 is 20.1 Å². The minimum atomic E-state index is -1.03. The Balaban J connectivity index is 2.96. The van der Waals surface area contributed by atoms with Gasteiger partial charge in [-0.1, -0.05) is 6.07 Å². The van der Waals surface area contributed by atoms with Crippen LogP contribution in [0, 0.1) is 0 Å². The largest absolute Gasteiger partial charge is 0.507 e. The van der Waals surface area contributed by atoms with Crippen LogP contribution in [0.2, 0.25) is 0 Å². The molecule has 6 nitrogen and oxygen atoms in total. The quantitative estimate of drug-likeness (QED) is 0.446. The monoisotopic (exact) mass is 280 g/mol. The molecule has 6 heteroatoms. The second-order valence-electron chi connectivity index (χ2n) is 4.52. The molecule has 0 saturated carbocycles. The summed E-state index contributed by atoms with van der Waals surface area (Å²) in [5, 5.41) is 28.6. The molecule has 0 spiro atoms. The SMILES string of the molecule is CC(=NC(CCCCN)C(=O)O)c1c(O)cccc1O. The summed E-state index contributed by atoms with van der Waals surface area (Å²) in [7, 11) is 0. The highest BCUT2D eigenvalue weighted by Gasteiger charge is 2.18. The number of aromatic hydroxyl groups is 2. The van der Waals surface area contributed by atoms with Gasteiger partial charge in [0, 0.05) is 5.71 Å². The van der Waals surface area contributed by atoms with E-state index in [1.807, 2.05) is 0 Å². The molecule has 0 radical (unpaired) electrons. The van der Waals surface area contributed by atoms with Crippen molar-refractivity contribution in [3.05, 3.63) is 23.8 Å². The summed E-state index contributed by atoms with van der Waals surface area (Å²) in [5.41, 5.74) is 5.83. The number of hydrogen-bond acceptors (Lipinski definition) is 5. The molecule has 1 atom stereocenters. The molecule has 1 unspecified atom stereocenters. The van der Waals surface area contributed by atoms with Crippen LogP contribution < -0.4 is 5.73 Å². The highest BCUT2D eigenvalue weighted by atomic mass is 16.4. The molecule has 1 aromatic carbocycles. The minimum Gasteiger partial charge on any atom is -0.507 e. The molecule has 0 aromatic heterocycles. The van der Waals surface area contributed by atoms with Crippen LogP contribution in [0.4, 0.5) is 0 Å². The van der Waals surface area contributed by atoms with Crippen molar-refractivity contribution in [3.63, 3.8) is 0 Å². The highest BCUT2D eigenvalue weighted by molar-refractivity contribution is 6.04. The van der Waals surface area contributed by atoms with Gasteiger partial charge in [-0.3, -0.25) is 4.99 Å². The van der Waals surface area contributed by atoms with Crippen molar-refractivity contribution in [2.75, 3.05) is 6.54 Å². The van der Waals surface area contributed by atoms with E-state index >= 15 is 0 Å². The number of carbonyl (C=O) groups is 1. The molecule has 0 heterocycles. The maximum Gasteiger partial charge on any atom is 0.328 e. The number of phenolic OH excluding ortho intramolecular Hbond substituents is 2. The van der Waals surface area contributed by atoms with E-state index in [2.05, 4.69) is 4.99 Å². The predicted octanol–water partition coefficient (Wildman–Crippen LogP) is 1.49. The van der Waals surface area contributed by atoms with Gasteiger partial charge in [-0.15, -0.1) is 0 Å². The molecule has 0 aliphatic rings. The molecule has 5 N–H and O–H groups in total. The zero-order valence-corrected chi connectivity index (χ0v) is 11.4. The van der Waals surface area contributed by atoms with Gasteiger partial charge in [0.1, 0.15) is 17.5 Å². The number of benzene rings is 1. The van der Waals surface area contributed by atoms with Gasteiger partial charge in [0.2, 0.25) is 0 Å². The number of aliphatic carboxylic acids is 1. The van der Waals surface area contributed by atoms with E-state index in [4.69, 9.17) is 10.8 Å². The number of carboxylic acids is 1. The Morgan fingerprint density at radius 1 is 1.30 bits per heavy atom. The van der Waals surface area contributed by atoms with E-state index in [1.165, 1.54) is 18.2 Å². The first-order valence-corrected chi connectivity index (χ1v) is 6.46. The van der Waals surface area contributed by atoms with E-state index in [-0.39, 0.29) is 17.1 Å². The lowest BCUT2D eigenvalue weighted by Crippen LogP contribution is -2.20. The molecule has 0 bridgehead atoms. The second-order valence-corrected chi connectivity index (χ2v) is 4.52. The predicted molar refractivity (Wildman–Crippen MR) is 76.3 cm³/mol. The number of nitrogens with zero attached hydrogens (tertiary/aromatic N) is 1. The molecular weight excluding hydrogens is 260 g/mol. The first-order valence-electron chi connectivity index (χ1n) is 6.46. The number of carboxylic acid groups (broad SMARTS) is 1. The lowest BCUT2D eigenvalue weighted by molar-refractivity contribution is -0.138. The van der Waals surface area contributed by atoms with Crippen LogP contribution in [0.3, 0.4) is 0 Å².